The van der Waals surface area contributed by atoms with Crippen LogP contribution in [-0.2, 0) is 0 Å². The van der Waals surface area contributed by atoms with Crippen LogP contribution in [0.25, 0.3) is 22.4 Å². The Labute approximate surface area is 160 Å². The van der Waals surface area contributed by atoms with Gasteiger partial charge in [0.2, 0.25) is 4.96 Å². The number of fused-ring (bicyclic) bond motifs is 1. The van der Waals surface area contributed by atoms with Gasteiger partial charge in [-0.05, 0) is 42.7 Å². The summed E-state index contributed by atoms with van der Waals surface area (Å²) in [6.07, 6.45) is 2.83. The van der Waals surface area contributed by atoms with Crippen LogP contribution in [0.4, 0.5) is 0 Å². The minimum atomic E-state index is -0.145. The predicted molar refractivity (Wildman–Crippen MR) is 108 cm³/mol. The third kappa shape index (κ3) is 3.48. The highest BCUT2D eigenvalue weighted by Crippen LogP contribution is 2.20. The molecule has 6 heteroatoms. The van der Waals surface area contributed by atoms with Crippen molar-refractivity contribution < 1.29 is 4.74 Å². The molecule has 2 aromatic heterocycles. The highest BCUT2D eigenvalue weighted by molar-refractivity contribution is 7.15. The lowest BCUT2D eigenvalue weighted by Crippen LogP contribution is -2.23. The van der Waals surface area contributed by atoms with Crippen molar-refractivity contribution in [3.63, 3.8) is 0 Å². The van der Waals surface area contributed by atoms with Gasteiger partial charge in [0, 0.05) is 5.56 Å². The molecule has 0 saturated carbocycles. The second-order valence-electron chi connectivity index (χ2n) is 6.28. The van der Waals surface area contributed by atoms with Crippen molar-refractivity contribution >= 4 is 22.4 Å². The molecular formula is C21H19N3O2S. The monoisotopic (exact) mass is 377 g/mol. The molecule has 0 amide bonds. The van der Waals surface area contributed by atoms with Gasteiger partial charge in [-0.2, -0.15) is 9.50 Å². The van der Waals surface area contributed by atoms with E-state index in [1.54, 1.807) is 0 Å². The molecule has 4 aromatic rings. The van der Waals surface area contributed by atoms with Crippen molar-refractivity contribution in [2.75, 3.05) is 6.61 Å². The number of hydrogen-bond acceptors (Lipinski definition) is 5. The van der Waals surface area contributed by atoms with Gasteiger partial charge < -0.3 is 4.74 Å². The van der Waals surface area contributed by atoms with Crippen LogP contribution in [0.1, 0.15) is 24.5 Å². The van der Waals surface area contributed by atoms with Crippen molar-refractivity contribution in [1.82, 2.24) is 14.6 Å². The Kier molecular flexibility index (Phi) is 4.73. The number of thiazole rings is 1. The standard InChI is InChI=1S/C21H19N3O2S/c1-3-12-26-16-10-8-15(9-11-16)13-18-20(25)24-21(27-18)22-19(23-24)17-7-5-4-6-14(17)2/h4-11,13H,3,12H2,1-2H3/b18-13+. The molecule has 0 fully saturated rings. The van der Waals surface area contributed by atoms with Crippen molar-refractivity contribution in [1.29, 1.82) is 0 Å². The van der Waals surface area contributed by atoms with E-state index in [0.29, 0.717) is 21.9 Å². The molecule has 0 spiro atoms. The first kappa shape index (κ1) is 17.4. The zero-order chi connectivity index (χ0) is 18.8. The smallest absolute Gasteiger partial charge is 0.291 e. The second kappa shape index (κ2) is 7.32. The molecule has 0 saturated heterocycles. The van der Waals surface area contributed by atoms with E-state index in [0.717, 1.165) is 28.9 Å². The Morgan fingerprint density at radius 2 is 1.93 bits per heavy atom. The summed E-state index contributed by atoms with van der Waals surface area (Å²) in [6.45, 7) is 4.78. The van der Waals surface area contributed by atoms with E-state index in [-0.39, 0.29) is 5.56 Å². The molecule has 0 aliphatic rings. The molecule has 0 atom stereocenters. The van der Waals surface area contributed by atoms with Crippen LogP contribution < -0.4 is 14.8 Å². The Bertz CT molecular complexity index is 1190. The predicted octanol–water partition coefficient (Wildman–Crippen LogP) is 3.46. The number of aryl methyl sites for hydroxylation is 1. The summed E-state index contributed by atoms with van der Waals surface area (Å²) in [5.74, 6) is 1.42. The molecule has 0 aliphatic heterocycles. The zero-order valence-corrected chi connectivity index (χ0v) is 16.0. The number of rotatable bonds is 5. The Morgan fingerprint density at radius 3 is 2.63 bits per heavy atom. The lowest BCUT2D eigenvalue weighted by molar-refractivity contribution is 0.317. The fourth-order valence-corrected chi connectivity index (χ4v) is 3.71. The van der Waals surface area contributed by atoms with Crippen LogP contribution in [0.2, 0.25) is 0 Å². The van der Waals surface area contributed by atoms with E-state index in [4.69, 9.17) is 4.74 Å². The van der Waals surface area contributed by atoms with Crippen LogP contribution in [-0.4, -0.2) is 21.2 Å². The van der Waals surface area contributed by atoms with E-state index in [1.165, 1.54) is 15.9 Å². The van der Waals surface area contributed by atoms with Crippen molar-refractivity contribution in [3.8, 4) is 17.1 Å². The van der Waals surface area contributed by atoms with E-state index < -0.39 is 0 Å². The zero-order valence-electron chi connectivity index (χ0n) is 15.2. The van der Waals surface area contributed by atoms with E-state index >= 15 is 0 Å². The average molecular weight is 377 g/mol. The first-order valence-corrected chi connectivity index (χ1v) is 9.67. The SMILES string of the molecule is CCCOc1ccc(/C=c2/sc3nc(-c4ccccc4C)nn3c2=O)cc1. The molecule has 0 bridgehead atoms. The van der Waals surface area contributed by atoms with E-state index in [9.17, 15) is 4.79 Å². The summed E-state index contributed by atoms with van der Waals surface area (Å²) in [5.41, 5.74) is 2.83. The normalized spacial score (nSPS) is 12.0. The molecule has 136 valence electrons. The van der Waals surface area contributed by atoms with Gasteiger partial charge in [0.05, 0.1) is 11.1 Å². The first-order valence-electron chi connectivity index (χ1n) is 8.86. The highest BCUT2D eigenvalue weighted by atomic mass is 32.1. The maximum absolute atomic E-state index is 12.7. The lowest BCUT2D eigenvalue weighted by atomic mass is 10.1. The first-order chi connectivity index (χ1) is 13.2. The minimum absolute atomic E-state index is 0.145. The van der Waals surface area contributed by atoms with Gasteiger partial charge in [0.1, 0.15) is 5.75 Å². The summed E-state index contributed by atoms with van der Waals surface area (Å²) in [5, 5.41) is 4.42. The molecular weight excluding hydrogens is 358 g/mol. The van der Waals surface area contributed by atoms with Crippen LogP contribution in [0.15, 0.2) is 53.3 Å². The van der Waals surface area contributed by atoms with Crippen molar-refractivity contribution in [3.05, 3.63) is 74.5 Å². The quantitative estimate of drug-likeness (QED) is 0.534. The Hall–Kier alpha value is -2.99. The fraction of sp³-hybridized carbons (Fsp3) is 0.190. The highest BCUT2D eigenvalue weighted by Gasteiger charge is 2.13. The summed E-state index contributed by atoms with van der Waals surface area (Å²) < 4.78 is 7.59. The van der Waals surface area contributed by atoms with Gasteiger partial charge in [-0.25, -0.2) is 0 Å². The van der Waals surface area contributed by atoms with Gasteiger partial charge in [-0.15, -0.1) is 5.10 Å². The van der Waals surface area contributed by atoms with Crippen molar-refractivity contribution in [2.45, 2.75) is 20.3 Å². The third-order valence-corrected chi connectivity index (χ3v) is 5.18. The Morgan fingerprint density at radius 1 is 1.15 bits per heavy atom. The van der Waals surface area contributed by atoms with Gasteiger partial charge in [-0.1, -0.05) is 54.7 Å². The van der Waals surface area contributed by atoms with Gasteiger partial charge in [-0.3, -0.25) is 4.79 Å². The maximum atomic E-state index is 12.7. The van der Waals surface area contributed by atoms with Gasteiger partial charge in [0.25, 0.3) is 5.56 Å². The van der Waals surface area contributed by atoms with E-state index in [2.05, 4.69) is 17.0 Å². The molecule has 4 rings (SSSR count). The van der Waals surface area contributed by atoms with Gasteiger partial charge >= 0.3 is 0 Å². The lowest BCUT2D eigenvalue weighted by Gasteiger charge is -2.03. The second-order valence-corrected chi connectivity index (χ2v) is 7.29. The number of nitrogens with zero attached hydrogens (tertiary/aromatic N) is 3. The third-order valence-electron chi connectivity index (χ3n) is 4.22. The minimum Gasteiger partial charge on any atom is -0.494 e. The van der Waals surface area contributed by atoms with Crippen molar-refractivity contribution in [2.24, 2.45) is 0 Å². The largest absolute Gasteiger partial charge is 0.494 e. The molecule has 27 heavy (non-hydrogen) atoms. The average Bonchev–Trinajstić information content (AvgIpc) is 3.21. The fourth-order valence-electron chi connectivity index (χ4n) is 2.80. The summed E-state index contributed by atoms with van der Waals surface area (Å²) >= 11 is 1.35. The maximum Gasteiger partial charge on any atom is 0.291 e. The number of ether oxygens (including phenoxy) is 1. The topological polar surface area (TPSA) is 56.5 Å². The number of benzene rings is 2. The molecule has 5 nitrogen and oxygen atoms in total. The molecule has 0 aliphatic carbocycles. The molecule has 0 N–H and O–H groups in total. The van der Waals surface area contributed by atoms with Crippen LogP contribution in [0.5, 0.6) is 5.75 Å². The summed E-state index contributed by atoms with van der Waals surface area (Å²) in [4.78, 5) is 17.8. The molecule has 0 unspecified atom stereocenters. The summed E-state index contributed by atoms with van der Waals surface area (Å²) in [7, 11) is 0. The summed E-state index contributed by atoms with van der Waals surface area (Å²) in [6, 6.07) is 15.6. The number of aromatic nitrogens is 3. The van der Waals surface area contributed by atoms with E-state index in [1.807, 2.05) is 61.5 Å². The van der Waals surface area contributed by atoms with Crippen LogP contribution >= 0.6 is 11.3 Å². The molecule has 0 radical (unpaired) electrons. The molecule has 2 heterocycles. The Balaban J connectivity index is 1.68. The van der Waals surface area contributed by atoms with Gasteiger partial charge in [0.15, 0.2) is 5.82 Å². The van der Waals surface area contributed by atoms with Crippen LogP contribution in [0, 0.1) is 6.92 Å². The van der Waals surface area contributed by atoms with Crippen LogP contribution in [0.3, 0.4) is 0 Å². The number of hydrogen-bond donors (Lipinski definition) is 0. The molecule has 2 aromatic carbocycles.